The lowest BCUT2D eigenvalue weighted by Gasteiger charge is -2.06. The average molecular weight is 478 g/mol. The number of thioether (sulfide) groups is 1. The molecular weight excluding hydrogens is 459 g/mol. The van der Waals surface area contributed by atoms with Gasteiger partial charge in [0, 0.05) is 21.1 Å². The fourth-order valence-corrected chi connectivity index (χ4v) is 5.61. The SMILES string of the molecule is Cc1nc(-c2ccc(C(F)(F)F)cc2)sc1CSc1cc(C)c2c(c1)ncn2CC(=O)O. The summed E-state index contributed by atoms with van der Waals surface area (Å²) in [6.45, 7) is 3.67. The average Bonchev–Trinajstić information content (AvgIpc) is 3.29. The van der Waals surface area contributed by atoms with E-state index in [0.29, 0.717) is 16.3 Å². The highest BCUT2D eigenvalue weighted by molar-refractivity contribution is 7.98. The van der Waals surface area contributed by atoms with E-state index in [2.05, 4.69) is 9.97 Å². The van der Waals surface area contributed by atoms with Gasteiger partial charge in [-0.05, 0) is 43.7 Å². The van der Waals surface area contributed by atoms with E-state index >= 15 is 0 Å². The van der Waals surface area contributed by atoms with Crippen LogP contribution in [0.1, 0.15) is 21.7 Å². The summed E-state index contributed by atoms with van der Waals surface area (Å²) in [5.74, 6) is -0.267. The second-order valence-electron chi connectivity index (χ2n) is 7.27. The summed E-state index contributed by atoms with van der Waals surface area (Å²) >= 11 is 3.08. The first-order valence-electron chi connectivity index (χ1n) is 9.56. The minimum absolute atomic E-state index is 0.142. The van der Waals surface area contributed by atoms with Crippen molar-refractivity contribution in [1.29, 1.82) is 0 Å². The van der Waals surface area contributed by atoms with Crippen LogP contribution in [0.15, 0.2) is 47.6 Å². The normalized spacial score (nSPS) is 11.9. The highest BCUT2D eigenvalue weighted by Crippen LogP contribution is 2.36. The zero-order chi connectivity index (χ0) is 23.0. The number of thiazole rings is 1. The number of alkyl halides is 3. The van der Waals surface area contributed by atoms with Gasteiger partial charge >= 0.3 is 12.1 Å². The molecule has 0 saturated heterocycles. The summed E-state index contributed by atoms with van der Waals surface area (Å²) in [6.07, 6.45) is -2.83. The number of nitrogens with zero attached hydrogens (tertiary/aromatic N) is 3. The number of rotatable bonds is 6. The van der Waals surface area contributed by atoms with Gasteiger partial charge in [-0.2, -0.15) is 13.2 Å². The Morgan fingerprint density at radius 2 is 1.91 bits per heavy atom. The Morgan fingerprint density at radius 1 is 1.19 bits per heavy atom. The van der Waals surface area contributed by atoms with E-state index in [1.807, 2.05) is 26.0 Å². The van der Waals surface area contributed by atoms with Crippen molar-refractivity contribution in [3.05, 3.63) is 64.4 Å². The van der Waals surface area contributed by atoms with Crippen LogP contribution in [-0.2, 0) is 23.3 Å². The van der Waals surface area contributed by atoms with Crippen molar-refractivity contribution in [3.8, 4) is 10.6 Å². The molecule has 2 heterocycles. The third-order valence-electron chi connectivity index (χ3n) is 4.90. The zero-order valence-corrected chi connectivity index (χ0v) is 18.7. The topological polar surface area (TPSA) is 68.0 Å². The van der Waals surface area contributed by atoms with Gasteiger partial charge in [-0.15, -0.1) is 23.1 Å². The van der Waals surface area contributed by atoms with E-state index in [1.54, 1.807) is 16.3 Å². The molecule has 2 aromatic heterocycles. The van der Waals surface area contributed by atoms with Gasteiger partial charge in [0.1, 0.15) is 11.6 Å². The molecule has 2 aromatic carbocycles. The van der Waals surface area contributed by atoms with Crippen LogP contribution in [0, 0.1) is 13.8 Å². The number of hydrogen-bond donors (Lipinski definition) is 1. The van der Waals surface area contributed by atoms with Gasteiger partial charge in [0.25, 0.3) is 0 Å². The number of carbonyl (C=O) groups is 1. The highest BCUT2D eigenvalue weighted by atomic mass is 32.2. The molecule has 0 unspecified atom stereocenters. The first-order chi connectivity index (χ1) is 15.1. The van der Waals surface area contributed by atoms with Gasteiger partial charge < -0.3 is 9.67 Å². The van der Waals surface area contributed by atoms with Crippen LogP contribution in [0.4, 0.5) is 13.2 Å². The van der Waals surface area contributed by atoms with E-state index in [9.17, 15) is 18.0 Å². The lowest BCUT2D eigenvalue weighted by Crippen LogP contribution is -2.07. The molecule has 0 amide bonds. The molecule has 1 N–H and O–H groups in total. The van der Waals surface area contributed by atoms with Crippen molar-refractivity contribution in [3.63, 3.8) is 0 Å². The number of halogens is 3. The van der Waals surface area contributed by atoms with Gasteiger partial charge in [0.15, 0.2) is 0 Å². The van der Waals surface area contributed by atoms with Crippen LogP contribution in [-0.4, -0.2) is 25.6 Å². The van der Waals surface area contributed by atoms with Crippen molar-refractivity contribution in [2.24, 2.45) is 0 Å². The summed E-state index contributed by atoms with van der Waals surface area (Å²) in [7, 11) is 0. The second kappa shape index (κ2) is 8.59. The molecule has 10 heteroatoms. The van der Waals surface area contributed by atoms with Gasteiger partial charge in [-0.25, -0.2) is 9.97 Å². The number of imidazole rings is 1. The minimum Gasteiger partial charge on any atom is -0.480 e. The maximum atomic E-state index is 12.8. The van der Waals surface area contributed by atoms with Crippen LogP contribution in [0.3, 0.4) is 0 Å². The van der Waals surface area contributed by atoms with Crippen LogP contribution in [0.25, 0.3) is 21.6 Å². The predicted molar refractivity (Wildman–Crippen MR) is 119 cm³/mol. The summed E-state index contributed by atoms with van der Waals surface area (Å²) < 4.78 is 40.0. The van der Waals surface area contributed by atoms with Crippen molar-refractivity contribution < 1.29 is 23.1 Å². The minimum atomic E-state index is -4.36. The van der Waals surface area contributed by atoms with E-state index in [1.165, 1.54) is 29.8 Å². The molecule has 0 aliphatic heterocycles. The summed E-state index contributed by atoms with van der Waals surface area (Å²) in [6, 6.07) is 8.97. The van der Waals surface area contributed by atoms with Crippen molar-refractivity contribution in [2.75, 3.05) is 0 Å². The van der Waals surface area contributed by atoms with Crippen molar-refractivity contribution >= 4 is 40.1 Å². The lowest BCUT2D eigenvalue weighted by atomic mass is 10.1. The van der Waals surface area contributed by atoms with Crippen LogP contribution < -0.4 is 0 Å². The number of hydrogen-bond acceptors (Lipinski definition) is 5. The molecule has 0 atom stereocenters. The Labute approximate surface area is 189 Å². The fourth-order valence-electron chi connectivity index (χ4n) is 3.38. The monoisotopic (exact) mass is 477 g/mol. The Morgan fingerprint density at radius 3 is 2.56 bits per heavy atom. The number of carboxylic acids is 1. The van der Waals surface area contributed by atoms with Gasteiger partial charge in [0.2, 0.25) is 0 Å². The number of fused-ring (bicyclic) bond motifs is 1. The Kier molecular flexibility index (Phi) is 6.00. The van der Waals surface area contributed by atoms with Crippen LogP contribution in [0.2, 0.25) is 0 Å². The first-order valence-corrected chi connectivity index (χ1v) is 11.4. The molecule has 0 spiro atoms. The molecule has 0 aliphatic rings. The predicted octanol–water partition coefficient (Wildman–Crippen LogP) is 6.17. The van der Waals surface area contributed by atoms with E-state index < -0.39 is 17.7 Å². The molecule has 0 saturated carbocycles. The fraction of sp³-hybridized carbons (Fsp3) is 0.227. The molecule has 166 valence electrons. The third kappa shape index (κ3) is 4.66. The number of aliphatic carboxylic acids is 1. The maximum Gasteiger partial charge on any atom is 0.416 e. The van der Waals surface area contributed by atoms with Gasteiger partial charge in [-0.1, -0.05) is 12.1 Å². The quantitative estimate of drug-likeness (QED) is 0.336. The number of aromatic nitrogens is 3. The Balaban J connectivity index is 1.51. The van der Waals surface area contributed by atoms with Gasteiger partial charge in [-0.3, -0.25) is 4.79 Å². The highest BCUT2D eigenvalue weighted by Gasteiger charge is 2.30. The lowest BCUT2D eigenvalue weighted by molar-refractivity contribution is -0.138. The molecule has 32 heavy (non-hydrogen) atoms. The summed E-state index contributed by atoms with van der Waals surface area (Å²) in [4.78, 5) is 21.9. The number of carboxylic acid groups (broad SMARTS) is 1. The van der Waals surface area contributed by atoms with Crippen molar-refractivity contribution in [1.82, 2.24) is 14.5 Å². The number of aryl methyl sites for hydroxylation is 2. The van der Waals surface area contributed by atoms with E-state index in [0.717, 1.165) is 44.2 Å². The van der Waals surface area contributed by atoms with E-state index in [4.69, 9.17) is 5.11 Å². The first kappa shape index (κ1) is 22.3. The second-order valence-corrected chi connectivity index (χ2v) is 9.40. The largest absolute Gasteiger partial charge is 0.480 e. The molecular formula is C22H18F3N3O2S2. The Bertz CT molecular complexity index is 1290. The van der Waals surface area contributed by atoms with E-state index in [-0.39, 0.29) is 6.54 Å². The Hall–Kier alpha value is -2.85. The van der Waals surface area contributed by atoms with Gasteiger partial charge in [0.05, 0.1) is 28.6 Å². The third-order valence-corrected chi connectivity index (χ3v) is 7.30. The zero-order valence-electron chi connectivity index (χ0n) is 17.1. The smallest absolute Gasteiger partial charge is 0.416 e. The van der Waals surface area contributed by atoms with Crippen molar-refractivity contribution in [2.45, 2.75) is 37.2 Å². The molecule has 0 radical (unpaired) electrons. The standard InChI is InChI=1S/C22H18F3N3O2S2/c1-12-7-16(8-17-20(12)28(11-26-17)9-19(29)30)31-10-18-13(2)27-21(32-18)14-3-5-15(6-4-14)22(23,24)25/h3-8,11H,9-10H2,1-2H3,(H,29,30). The van der Waals surface area contributed by atoms with Crippen LogP contribution >= 0.6 is 23.1 Å². The summed E-state index contributed by atoms with van der Waals surface area (Å²) in [5, 5.41) is 9.74. The molecule has 4 aromatic rings. The molecule has 0 bridgehead atoms. The molecule has 0 fully saturated rings. The molecule has 5 nitrogen and oxygen atoms in total. The molecule has 0 aliphatic carbocycles. The number of benzene rings is 2. The van der Waals surface area contributed by atoms with Crippen LogP contribution in [0.5, 0.6) is 0 Å². The maximum absolute atomic E-state index is 12.8. The molecule has 4 rings (SSSR count). The summed E-state index contributed by atoms with van der Waals surface area (Å²) in [5.41, 5.74) is 3.30.